The fraction of sp³-hybridized carbons (Fsp3) is 0.200. The lowest BCUT2D eigenvalue weighted by Gasteiger charge is -2.14. The number of carbonyl (C=O) groups is 2. The molecule has 0 amide bonds. The molecule has 0 aliphatic heterocycles. The van der Waals surface area contributed by atoms with Gasteiger partial charge < -0.3 is 28.8 Å². The molecule has 0 unspecified atom stereocenters. The molecule has 0 radical (unpaired) electrons. The molecule has 0 saturated heterocycles. The zero-order valence-electron chi connectivity index (χ0n) is 19.1. The highest BCUT2D eigenvalue weighted by Crippen LogP contribution is 2.40. The Morgan fingerprint density at radius 1 is 0.912 bits per heavy atom. The smallest absolute Gasteiger partial charge is 0.341 e. The topological polar surface area (TPSA) is 101 Å². The van der Waals surface area contributed by atoms with Crippen LogP contribution >= 0.6 is 11.3 Å². The second kappa shape index (κ2) is 11.2. The number of hydrogen-bond donors (Lipinski definition) is 1. The van der Waals surface area contributed by atoms with Crippen molar-refractivity contribution >= 4 is 29.2 Å². The van der Waals surface area contributed by atoms with E-state index in [1.807, 2.05) is 17.5 Å². The molecule has 34 heavy (non-hydrogen) atoms. The Morgan fingerprint density at radius 3 is 2.12 bits per heavy atom. The number of carboxylic acid groups (broad SMARTS) is 1. The van der Waals surface area contributed by atoms with Crippen molar-refractivity contribution < 1.29 is 38.4 Å². The van der Waals surface area contributed by atoms with Crippen LogP contribution in [0.25, 0.3) is 16.5 Å². The first-order chi connectivity index (χ1) is 16.4. The number of thiophene rings is 1. The minimum Gasteiger partial charge on any atom is -0.496 e. The summed E-state index contributed by atoms with van der Waals surface area (Å²) in [5.74, 6) is 0.558. The van der Waals surface area contributed by atoms with Crippen LogP contribution in [0.2, 0.25) is 0 Å². The minimum atomic E-state index is -1.09. The summed E-state index contributed by atoms with van der Waals surface area (Å²) >= 11 is 1.48. The molecule has 0 atom stereocenters. The molecule has 0 aliphatic rings. The molecule has 8 nitrogen and oxygen atoms in total. The summed E-state index contributed by atoms with van der Waals surface area (Å²) in [7, 11) is 5.93. The van der Waals surface area contributed by atoms with Crippen molar-refractivity contribution in [1.29, 1.82) is 0 Å². The van der Waals surface area contributed by atoms with Gasteiger partial charge in [-0.05, 0) is 41.8 Å². The van der Waals surface area contributed by atoms with E-state index in [9.17, 15) is 9.59 Å². The van der Waals surface area contributed by atoms with Gasteiger partial charge in [-0.3, -0.25) is 4.79 Å². The average molecular weight is 485 g/mol. The van der Waals surface area contributed by atoms with Crippen molar-refractivity contribution in [3.63, 3.8) is 0 Å². The predicted molar refractivity (Wildman–Crippen MR) is 129 cm³/mol. The minimum absolute atomic E-state index is 0.287. The van der Waals surface area contributed by atoms with E-state index in [0.717, 1.165) is 4.88 Å². The summed E-state index contributed by atoms with van der Waals surface area (Å²) in [6.45, 7) is -0.490. The molecule has 0 spiro atoms. The van der Waals surface area contributed by atoms with Gasteiger partial charge in [-0.15, -0.1) is 11.3 Å². The summed E-state index contributed by atoms with van der Waals surface area (Å²) in [6, 6.07) is 10.3. The van der Waals surface area contributed by atoms with Crippen LogP contribution in [0, 0.1) is 0 Å². The van der Waals surface area contributed by atoms with E-state index in [1.165, 1.54) is 45.9 Å². The fourth-order valence-corrected chi connectivity index (χ4v) is 4.00. The third-order valence-electron chi connectivity index (χ3n) is 4.83. The Kier molecular flexibility index (Phi) is 8.15. The van der Waals surface area contributed by atoms with Crippen molar-refractivity contribution in [3.8, 4) is 39.2 Å². The SMILES string of the molecule is COc1cc(OCC(=O)O)c(-c2cccs2)cc1/C=C/C(=O)c1cc(OC)c(OC)c(OC)c1. The molecule has 1 heterocycles. The number of hydrogen-bond acceptors (Lipinski definition) is 8. The largest absolute Gasteiger partial charge is 0.496 e. The van der Waals surface area contributed by atoms with Gasteiger partial charge in [-0.2, -0.15) is 0 Å². The van der Waals surface area contributed by atoms with Gasteiger partial charge >= 0.3 is 5.97 Å². The monoisotopic (exact) mass is 484 g/mol. The van der Waals surface area contributed by atoms with Gasteiger partial charge in [0.15, 0.2) is 23.9 Å². The lowest BCUT2D eigenvalue weighted by Crippen LogP contribution is -2.10. The van der Waals surface area contributed by atoms with Crippen molar-refractivity contribution in [2.75, 3.05) is 35.0 Å². The standard InChI is InChI=1S/C25H24O8S/c1-29-19-13-20(33-14-24(27)28)17(23-6-5-9-34-23)10-15(19)7-8-18(26)16-11-21(30-2)25(32-4)22(12-16)31-3/h5-13H,14H2,1-4H3,(H,27,28)/b8-7+. The van der Waals surface area contributed by atoms with Gasteiger partial charge in [0.2, 0.25) is 5.75 Å². The van der Waals surface area contributed by atoms with Gasteiger partial charge in [-0.1, -0.05) is 6.07 Å². The third kappa shape index (κ3) is 5.49. The number of methoxy groups -OCH3 is 4. The fourth-order valence-electron chi connectivity index (χ4n) is 3.25. The zero-order valence-corrected chi connectivity index (χ0v) is 19.9. The van der Waals surface area contributed by atoms with Crippen LogP contribution in [-0.2, 0) is 4.79 Å². The number of benzene rings is 2. The number of carbonyl (C=O) groups excluding carboxylic acids is 1. The van der Waals surface area contributed by atoms with E-state index in [0.29, 0.717) is 45.4 Å². The van der Waals surface area contributed by atoms with Crippen LogP contribution in [-0.4, -0.2) is 51.9 Å². The van der Waals surface area contributed by atoms with E-state index in [-0.39, 0.29) is 5.78 Å². The Morgan fingerprint density at radius 2 is 1.59 bits per heavy atom. The van der Waals surface area contributed by atoms with Gasteiger partial charge in [0, 0.05) is 27.6 Å². The first kappa shape index (κ1) is 24.7. The second-order valence-corrected chi connectivity index (χ2v) is 7.81. The maximum atomic E-state index is 12.9. The molecule has 178 valence electrons. The molecule has 1 N–H and O–H groups in total. The Labute approximate surface area is 200 Å². The normalized spacial score (nSPS) is 10.7. The summed E-state index contributed by atoms with van der Waals surface area (Å²) < 4.78 is 26.9. The molecule has 0 bridgehead atoms. The zero-order chi connectivity index (χ0) is 24.7. The molecule has 3 aromatic rings. The highest BCUT2D eigenvalue weighted by molar-refractivity contribution is 7.13. The van der Waals surface area contributed by atoms with E-state index < -0.39 is 12.6 Å². The molecule has 2 aromatic carbocycles. The molecule has 0 fully saturated rings. The van der Waals surface area contributed by atoms with Crippen LogP contribution < -0.4 is 23.7 Å². The summed E-state index contributed by atoms with van der Waals surface area (Å²) in [4.78, 5) is 24.8. The summed E-state index contributed by atoms with van der Waals surface area (Å²) in [6.07, 6.45) is 3.04. The van der Waals surface area contributed by atoms with Crippen LogP contribution in [0.1, 0.15) is 15.9 Å². The first-order valence-electron chi connectivity index (χ1n) is 10.0. The first-order valence-corrected chi connectivity index (χ1v) is 10.9. The van der Waals surface area contributed by atoms with E-state index in [4.69, 9.17) is 28.8 Å². The number of ether oxygens (including phenoxy) is 5. The number of carboxylic acids is 1. The number of rotatable bonds is 11. The van der Waals surface area contributed by atoms with Gasteiger partial charge in [0.05, 0.1) is 28.4 Å². The van der Waals surface area contributed by atoms with Crippen molar-refractivity contribution in [3.05, 3.63) is 59.0 Å². The molecular weight excluding hydrogens is 460 g/mol. The molecule has 0 aliphatic carbocycles. The number of ketones is 1. The lowest BCUT2D eigenvalue weighted by atomic mass is 10.0. The van der Waals surface area contributed by atoms with Crippen molar-refractivity contribution in [2.45, 2.75) is 0 Å². The van der Waals surface area contributed by atoms with E-state index in [2.05, 4.69) is 0 Å². The van der Waals surface area contributed by atoms with Crippen LogP contribution in [0.15, 0.2) is 47.9 Å². The highest BCUT2D eigenvalue weighted by Gasteiger charge is 2.17. The Bertz CT molecular complexity index is 1170. The molecule has 1 aromatic heterocycles. The quantitative estimate of drug-likeness (QED) is 0.306. The summed E-state index contributed by atoms with van der Waals surface area (Å²) in [5.41, 5.74) is 1.66. The molecule has 9 heteroatoms. The third-order valence-corrected chi connectivity index (χ3v) is 5.74. The maximum Gasteiger partial charge on any atom is 0.341 e. The van der Waals surface area contributed by atoms with Gasteiger partial charge in [-0.25, -0.2) is 4.79 Å². The van der Waals surface area contributed by atoms with Gasteiger partial charge in [0.1, 0.15) is 11.5 Å². The Hall–Kier alpha value is -3.98. The van der Waals surface area contributed by atoms with E-state index >= 15 is 0 Å². The molecule has 3 rings (SSSR count). The Balaban J connectivity index is 2.00. The van der Waals surface area contributed by atoms with Crippen LogP contribution in [0.5, 0.6) is 28.7 Å². The second-order valence-electron chi connectivity index (χ2n) is 6.86. The lowest BCUT2D eigenvalue weighted by molar-refractivity contribution is -0.139. The predicted octanol–water partition coefficient (Wildman–Crippen LogP) is 4.81. The van der Waals surface area contributed by atoms with Crippen molar-refractivity contribution in [1.82, 2.24) is 0 Å². The van der Waals surface area contributed by atoms with Crippen LogP contribution in [0.3, 0.4) is 0 Å². The number of aliphatic carboxylic acids is 1. The van der Waals surface area contributed by atoms with E-state index in [1.54, 1.807) is 30.3 Å². The van der Waals surface area contributed by atoms with Crippen molar-refractivity contribution in [2.24, 2.45) is 0 Å². The molecule has 0 saturated carbocycles. The average Bonchev–Trinajstić information content (AvgIpc) is 3.39. The maximum absolute atomic E-state index is 12.9. The highest BCUT2D eigenvalue weighted by atomic mass is 32.1. The van der Waals surface area contributed by atoms with Gasteiger partial charge in [0.25, 0.3) is 0 Å². The number of allylic oxidation sites excluding steroid dienone is 1. The summed E-state index contributed by atoms with van der Waals surface area (Å²) in [5, 5.41) is 10.9. The molecular formula is C25H24O8S. The van der Waals surface area contributed by atoms with Crippen LogP contribution in [0.4, 0.5) is 0 Å².